The van der Waals surface area contributed by atoms with E-state index in [0.717, 1.165) is 5.56 Å². The molecule has 4 nitrogen and oxygen atoms in total. The van der Waals surface area contributed by atoms with Crippen LogP contribution < -0.4 is 0 Å². The Morgan fingerprint density at radius 2 is 2.00 bits per heavy atom. The lowest BCUT2D eigenvalue weighted by Crippen LogP contribution is -2.62. The molecule has 1 fully saturated rings. The van der Waals surface area contributed by atoms with Gasteiger partial charge in [0.1, 0.15) is 6.04 Å². The average molecular weight is 245 g/mol. The third-order valence-electron chi connectivity index (χ3n) is 3.76. The summed E-state index contributed by atoms with van der Waals surface area (Å²) < 4.78 is 5.13. The lowest BCUT2D eigenvalue weighted by molar-refractivity contribution is -0.184. The SMILES string of the molecule is CC(=O)O[C@@H]1C(=O)N2C[C@H](C)c3ccccc3[C@H]12. The Morgan fingerprint density at radius 3 is 2.67 bits per heavy atom. The Labute approximate surface area is 106 Å². The van der Waals surface area contributed by atoms with Crippen molar-refractivity contribution in [3.05, 3.63) is 35.4 Å². The molecule has 0 N–H and O–H groups in total. The smallest absolute Gasteiger partial charge is 0.303 e. The third-order valence-corrected chi connectivity index (χ3v) is 3.76. The Hall–Kier alpha value is -1.84. The summed E-state index contributed by atoms with van der Waals surface area (Å²) in [6, 6.07) is 7.99. The fraction of sp³-hybridized carbons (Fsp3) is 0.429. The minimum absolute atomic E-state index is 0.0726. The van der Waals surface area contributed by atoms with Gasteiger partial charge in [-0.25, -0.2) is 0 Å². The van der Waals surface area contributed by atoms with Crippen molar-refractivity contribution in [2.75, 3.05) is 6.54 Å². The summed E-state index contributed by atoms with van der Waals surface area (Å²) in [5.41, 5.74) is 2.37. The van der Waals surface area contributed by atoms with E-state index in [9.17, 15) is 9.59 Å². The minimum Gasteiger partial charge on any atom is -0.450 e. The van der Waals surface area contributed by atoms with Crippen LogP contribution in [0.15, 0.2) is 24.3 Å². The molecule has 2 aliphatic rings. The van der Waals surface area contributed by atoms with Gasteiger partial charge in [-0.15, -0.1) is 0 Å². The lowest BCUT2D eigenvalue weighted by atomic mass is 9.79. The standard InChI is InChI=1S/C14H15NO3/c1-8-7-15-12(11-6-4-3-5-10(8)11)13(14(15)17)18-9(2)16/h3-6,8,12-13H,7H2,1-2H3/t8-,12+,13-/m0/s1. The molecular formula is C14H15NO3. The van der Waals surface area contributed by atoms with E-state index in [1.165, 1.54) is 12.5 Å². The largest absolute Gasteiger partial charge is 0.450 e. The zero-order valence-corrected chi connectivity index (χ0v) is 10.4. The number of carbonyl (C=O) groups excluding carboxylic acids is 2. The molecule has 0 bridgehead atoms. The summed E-state index contributed by atoms with van der Waals surface area (Å²) in [4.78, 5) is 24.8. The molecule has 1 amide bonds. The van der Waals surface area contributed by atoms with E-state index < -0.39 is 12.1 Å². The molecule has 3 rings (SSSR count). The van der Waals surface area contributed by atoms with Crippen LogP contribution in [0.25, 0.3) is 0 Å². The van der Waals surface area contributed by atoms with Gasteiger partial charge in [-0.05, 0) is 17.0 Å². The molecule has 0 radical (unpaired) electrons. The monoisotopic (exact) mass is 245 g/mol. The fourth-order valence-electron chi connectivity index (χ4n) is 2.97. The molecule has 2 aliphatic heterocycles. The predicted octanol–water partition coefficient (Wildman–Crippen LogP) is 1.62. The summed E-state index contributed by atoms with van der Waals surface area (Å²) in [6.07, 6.45) is -0.629. The van der Waals surface area contributed by atoms with E-state index in [2.05, 4.69) is 13.0 Å². The van der Waals surface area contributed by atoms with Gasteiger partial charge in [0.15, 0.2) is 0 Å². The first-order chi connectivity index (χ1) is 8.59. The van der Waals surface area contributed by atoms with Gasteiger partial charge >= 0.3 is 5.97 Å². The van der Waals surface area contributed by atoms with Gasteiger partial charge in [0.05, 0.1) is 0 Å². The van der Waals surface area contributed by atoms with Crippen molar-refractivity contribution in [2.24, 2.45) is 0 Å². The molecule has 0 unspecified atom stereocenters. The van der Waals surface area contributed by atoms with Crippen molar-refractivity contribution in [1.29, 1.82) is 0 Å². The molecular weight excluding hydrogens is 230 g/mol. The molecule has 4 heteroatoms. The predicted molar refractivity (Wildman–Crippen MR) is 64.9 cm³/mol. The number of fused-ring (bicyclic) bond motifs is 3. The van der Waals surface area contributed by atoms with Gasteiger partial charge in [0.2, 0.25) is 6.10 Å². The zero-order chi connectivity index (χ0) is 12.9. The Bertz CT molecular complexity index is 526. The summed E-state index contributed by atoms with van der Waals surface area (Å²) >= 11 is 0. The first kappa shape index (κ1) is 11.3. The molecule has 0 saturated carbocycles. The second kappa shape index (κ2) is 3.83. The van der Waals surface area contributed by atoms with Crippen LogP contribution in [0.1, 0.15) is 36.9 Å². The molecule has 18 heavy (non-hydrogen) atoms. The van der Waals surface area contributed by atoms with E-state index >= 15 is 0 Å². The van der Waals surface area contributed by atoms with E-state index in [0.29, 0.717) is 12.5 Å². The molecule has 1 aromatic rings. The molecule has 1 aromatic carbocycles. The molecule has 2 heterocycles. The lowest BCUT2D eigenvalue weighted by Gasteiger charge is -2.51. The van der Waals surface area contributed by atoms with Crippen LogP contribution in [0.3, 0.4) is 0 Å². The molecule has 0 spiro atoms. The molecule has 94 valence electrons. The zero-order valence-electron chi connectivity index (χ0n) is 10.4. The summed E-state index contributed by atoms with van der Waals surface area (Å²) in [7, 11) is 0. The van der Waals surface area contributed by atoms with Crippen molar-refractivity contribution < 1.29 is 14.3 Å². The summed E-state index contributed by atoms with van der Waals surface area (Å²) in [6.45, 7) is 4.16. The van der Waals surface area contributed by atoms with Crippen molar-refractivity contribution in [2.45, 2.75) is 31.9 Å². The summed E-state index contributed by atoms with van der Waals surface area (Å²) in [5, 5.41) is 0. The normalized spacial score (nSPS) is 29.1. The van der Waals surface area contributed by atoms with Crippen LogP contribution in [0, 0.1) is 0 Å². The maximum atomic E-state index is 11.9. The average Bonchev–Trinajstić information content (AvgIpc) is 2.36. The first-order valence-electron chi connectivity index (χ1n) is 6.16. The summed E-state index contributed by atoms with van der Waals surface area (Å²) in [5.74, 6) is -0.139. The van der Waals surface area contributed by atoms with Crippen LogP contribution in [0.4, 0.5) is 0 Å². The third kappa shape index (κ3) is 1.45. The van der Waals surface area contributed by atoms with Crippen molar-refractivity contribution in [3.63, 3.8) is 0 Å². The van der Waals surface area contributed by atoms with Crippen LogP contribution in [0.5, 0.6) is 0 Å². The number of hydrogen-bond donors (Lipinski definition) is 0. The highest BCUT2D eigenvalue weighted by Crippen LogP contribution is 2.45. The maximum Gasteiger partial charge on any atom is 0.303 e. The van der Waals surface area contributed by atoms with E-state index in [4.69, 9.17) is 4.74 Å². The fourth-order valence-corrected chi connectivity index (χ4v) is 2.97. The number of hydrogen-bond acceptors (Lipinski definition) is 3. The molecule has 1 saturated heterocycles. The second-order valence-corrected chi connectivity index (χ2v) is 5.00. The van der Waals surface area contributed by atoms with E-state index in [-0.39, 0.29) is 11.9 Å². The van der Waals surface area contributed by atoms with Gasteiger partial charge in [-0.2, -0.15) is 0 Å². The van der Waals surface area contributed by atoms with Crippen LogP contribution in [0.2, 0.25) is 0 Å². The number of rotatable bonds is 1. The number of carbonyl (C=O) groups is 2. The molecule has 0 aliphatic carbocycles. The number of nitrogens with zero attached hydrogens (tertiary/aromatic N) is 1. The quantitative estimate of drug-likeness (QED) is 0.558. The topological polar surface area (TPSA) is 46.6 Å². The highest BCUT2D eigenvalue weighted by atomic mass is 16.6. The van der Waals surface area contributed by atoms with Crippen LogP contribution in [-0.4, -0.2) is 29.4 Å². The first-order valence-corrected chi connectivity index (χ1v) is 6.16. The van der Waals surface area contributed by atoms with Gasteiger partial charge < -0.3 is 9.64 Å². The van der Waals surface area contributed by atoms with Gasteiger partial charge in [0, 0.05) is 13.5 Å². The second-order valence-electron chi connectivity index (χ2n) is 5.00. The maximum absolute atomic E-state index is 11.9. The van der Waals surface area contributed by atoms with Crippen molar-refractivity contribution in [1.82, 2.24) is 4.90 Å². The molecule has 3 atom stereocenters. The van der Waals surface area contributed by atoms with Gasteiger partial charge in [-0.1, -0.05) is 31.2 Å². The number of benzene rings is 1. The van der Waals surface area contributed by atoms with Crippen LogP contribution in [-0.2, 0) is 14.3 Å². The number of ether oxygens (including phenoxy) is 1. The minimum atomic E-state index is -0.629. The van der Waals surface area contributed by atoms with Gasteiger partial charge in [-0.3, -0.25) is 9.59 Å². The number of β-lactam (4-membered cyclic amide) rings is 1. The highest BCUT2D eigenvalue weighted by Gasteiger charge is 2.53. The Balaban J connectivity index is 1.98. The Morgan fingerprint density at radius 1 is 1.33 bits per heavy atom. The van der Waals surface area contributed by atoms with Crippen molar-refractivity contribution in [3.8, 4) is 0 Å². The Kier molecular flexibility index (Phi) is 2.40. The van der Waals surface area contributed by atoms with E-state index in [1.807, 2.05) is 18.2 Å². The number of esters is 1. The van der Waals surface area contributed by atoms with Crippen molar-refractivity contribution >= 4 is 11.9 Å². The molecule has 0 aromatic heterocycles. The van der Waals surface area contributed by atoms with Crippen LogP contribution >= 0.6 is 0 Å². The van der Waals surface area contributed by atoms with E-state index in [1.54, 1.807) is 4.90 Å². The van der Waals surface area contributed by atoms with Gasteiger partial charge in [0.25, 0.3) is 5.91 Å². The highest BCUT2D eigenvalue weighted by molar-refractivity contribution is 5.91. The number of amides is 1.